The van der Waals surface area contributed by atoms with Gasteiger partial charge < -0.3 is 24.6 Å². The number of nitrogens with zero attached hydrogens (tertiary/aromatic N) is 4. The number of thiophene rings is 1. The van der Waals surface area contributed by atoms with Gasteiger partial charge in [-0.3, -0.25) is 4.79 Å². The molecule has 3 aliphatic heterocycles. The summed E-state index contributed by atoms with van der Waals surface area (Å²) in [7, 11) is -3.92. The normalized spacial score (nSPS) is 20.9. The minimum atomic E-state index is -4.81. The number of carbonyl (C=O) groups excluding carboxylic acids is 1. The highest BCUT2D eigenvalue weighted by atomic mass is 32.2. The third kappa shape index (κ3) is 5.47. The number of hydrogen-bond donors (Lipinski definition) is 1. The smallest absolute Gasteiger partial charge is 0.378 e. The van der Waals surface area contributed by atoms with Crippen molar-refractivity contribution in [1.29, 1.82) is 0 Å². The van der Waals surface area contributed by atoms with Crippen molar-refractivity contribution in [2.45, 2.75) is 35.9 Å². The number of sulfone groups is 1. The van der Waals surface area contributed by atoms with Crippen LogP contribution in [-0.4, -0.2) is 87.0 Å². The van der Waals surface area contributed by atoms with E-state index in [0.29, 0.717) is 42.4 Å². The minimum Gasteiger partial charge on any atom is -0.378 e. The lowest BCUT2D eigenvalue weighted by atomic mass is 10.1. The van der Waals surface area contributed by atoms with Crippen LogP contribution in [0.4, 0.5) is 30.5 Å². The van der Waals surface area contributed by atoms with Crippen LogP contribution in [0.3, 0.4) is 0 Å². The molecule has 228 valence electrons. The summed E-state index contributed by atoms with van der Waals surface area (Å²) in [6.07, 6.45) is -2.10. The molecule has 4 aliphatic rings. The molecule has 3 aromatic rings. The van der Waals surface area contributed by atoms with Crippen molar-refractivity contribution in [1.82, 2.24) is 14.9 Å². The molecule has 3 fully saturated rings. The van der Waals surface area contributed by atoms with Gasteiger partial charge in [0.1, 0.15) is 10.4 Å². The summed E-state index contributed by atoms with van der Waals surface area (Å²) in [5, 5.41) is 3.11. The zero-order valence-electron chi connectivity index (χ0n) is 22.9. The molecule has 1 N–H and O–H groups in total. The maximum Gasteiger partial charge on any atom is 0.420 e. The lowest BCUT2D eigenvalue weighted by Gasteiger charge is -2.36. The van der Waals surface area contributed by atoms with Gasteiger partial charge in [-0.25, -0.2) is 18.4 Å². The van der Waals surface area contributed by atoms with E-state index in [-0.39, 0.29) is 52.2 Å². The monoisotopic (exact) mass is 635 g/mol. The van der Waals surface area contributed by atoms with Crippen molar-refractivity contribution >= 4 is 44.4 Å². The summed E-state index contributed by atoms with van der Waals surface area (Å²) < 4.78 is 79.4. The fraction of sp³-hybridized carbons (Fsp3) is 0.464. The first-order valence-electron chi connectivity index (χ1n) is 14.0. The number of nitrogens with one attached hydrogen (secondary N) is 1. The summed E-state index contributed by atoms with van der Waals surface area (Å²) >= 11 is 0.704. The molecule has 15 heteroatoms. The van der Waals surface area contributed by atoms with E-state index in [1.54, 1.807) is 0 Å². The molecule has 1 amide bonds. The van der Waals surface area contributed by atoms with Crippen LogP contribution in [0.5, 0.6) is 0 Å². The molecule has 1 saturated carbocycles. The average molecular weight is 636 g/mol. The standard InChI is InChI=1S/C28H28F3N5O5S2/c29-28(30,31)20-13-32-27(33-21-4-3-17(11-19(21)16-1-2-16)35-5-8-40-9-6-35)34-24(20)22-12-23-25(42-22)26(37)36(18-14-41-15-18)7-10-43(23,38)39/h3-4,11-13,16,18H,1-2,5-10,14-15H2,(H,32,33,34). The van der Waals surface area contributed by atoms with E-state index in [1.165, 1.54) is 4.90 Å². The Bertz CT molecular complexity index is 1680. The molecule has 7 rings (SSSR count). The number of rotatable bonds is 6. The average Bonchev–Trinajstić information content (AvgIpc) is 3.71. The molecule has 43 heavy (non-hydrogen) atoms. The summed E-state index contributed by atoms with van der Waals surface area (Å²) in [5.41, 5.74) is 1.19. The van der Waals surface area contributed by atoms with Gasteiger partial charge in [0.25, 0.3) is 5.91 Å². The maximum atomic E-state index is 14.2. The van der Waals surface area contributed by atoms with Crippen molar-refractivity contribution in [3.63, 3.8) is 0 Å². The van der Waals surface area contributed by atoms with Gasteiger partial charge in [-0.05, 0) is 48.6 Å². The summed E-state index contributed by atoms with van der Waals surface area (Å²) in [5.74, 6) is -0.595. The molecule has 0 radical (unpaired) electrons. The quantitative estimate of drug-likeness (QED) is 0.423. The second kappa shape index (κ2) is 10.7. The molecular formula is C28H28F3N5O5S2. The number of anilines is 3. The molecule has 1 aliphatic carbocycles. The van der Waals surface area contributed by atoms with Crippen LogP contribution in [0.2, 0.25) is 0 Å². The number of alkyl halides is 3. The molecule has 0 spiro atoms. The Labute approximate surface area is 249 Å². The van der Waals surface area contributed by atoms with Crippen LogP contribution in [0.1, 0.15) is 39.6 Å². The Morgan fingerprint density at radius 1 is 1.05 bits per heavy atom. The lowest BCUT2D eigenvalue weighted by molar-refractivity contribution is -0.137. The van der Waals surface area contributed by atoms with Crippen molar-refractivity contribution < 1.29 is 35.9 Å². The minimum absolute atomic E-state index is 0.00500. The Morgan fingerprint density at radius 3 is 2.49 bits per heavy atom. The van der Waals surface area contributed by atoms with E-state index in [1.807, 2.05) is 12.1 Å². The number of halogens is 3. The molecular weight excluding hydrogens is 607 g/mol. The number of morpholine rings is 1. The van der Waals surface area contributed by atoms with E-state index in [2.05, 4.69) is 26.3 Å². The van der Waals surface area contributed by atoms with E-state index in [0.717, 1.165) is 43.2 Å². The molecule has 10 nitrogen and oxygen atoms in total. The van der Waals surface area contributed by atoms with Gasteiger partial charge in [0.05, 0.1) is 53.7 Å². The fourth-order valence-corrected chi connectivity index (χ4v) is 8.47. The largest absolute Gasteiger partial charge is 0.420 e. The Balaban J connectivity index is 1.26. The van der Waals surface area contributed by atoms with Crippen LogP contribution >= 0.6 is 11.3 Å². The first kappa shape index (κ1) is 28.5. The molecule has 0 atom stereocenters. The van der Waals surface area contributed by atoms with E-state index < -0.39 is 33.2 Å². The number of ether oxygens (including phenoxy) is 2. The maximum absolute atomic E-state index is 14.2. The van der Waals surface area contributed by atoms with Crippen LogP contribution < -0.4 is 10.2 Å². The molecule has 0 bridgehead atoms. The zero-order chi connectivity index (χ0) is 29.9. The molecule has 1 aromatic carbocycles. The number of carbonyl (C=O) groups is 1. The third-order valence-corrected chi connectivity index (χ3v) is 11.1. The van der Waals surface area contributed by atoms with Gasteiger partial charge in [-0.1, -0.05) is 0 Å². The SMILES string of the molecule is O=C1c2sc(-c3nc(Nc4ccc(N5CCOCC5)cc4C4CC4)ncc3C(F)(F)F)cc2S(=O)(=O)CCN1C1COC1. The Morgan fingerprint density at radius 2 is 1.81 bits per heavy atom. The van der Waals surface area contributed by atoms with E-state index in [9.17, 15) is 26.4 Å². The molecule has 5 heterocycles. The summed E-state index contributed by atoms with van der Waals surface area (Å²) in [4.78, 5) is 24.8. The fourth-order valence-electron chi connectivity index (χ4n) is 5.56. The molecule has 0 unspecified atom stereocenters. The second-order valence-electron chi connectivity index (χ2n) is 11.0. The van der Waals surface area contributed by atoms with Crippen LogP contribution in [0.25, 0.3) is 10.6 Å². The summed E-state index contributed by atoms with van der Waals surface area (Å²) in [6, 6.07) is 6.81. The van der Waals surface area contributed by atoms with Gasteiger partial charge in [-0.15, -0.1) is 11.3 Å². The molecule has 2 saturated heterocycles. The predicted octanol–water partition coefficient (Wildman–Crippen LogP) is 4.31. The van der Waals surface area contributed by atoms with Crippen LogP contribution in [-0.2, 0) is 25.5 Å². The van der Waals surface area contributed by atoms with Gasteiger partial charge in [0, 0.05) is 37.2 Å². The third-order valence-electron chi connectivity index (χ3n) is 8.15. The number of hydrogen-bond acceptors (Lipinski definition) is 10. The van der Waals surface area contributed by atoms with Gasteiger partial charge in [0.2, 0.25) is 5.95 Å². The highest BCUT2D eigenvalue weighted by molar-refractivity contribution is 7.91. The van der Waals surface area contributed by atoms with Crippen LogP contribution in [0, 0.1) is 0 Å². The Hall–Kier alpha value is -3.27. The van der Waals surface area contributed by atoms with Crippen molar-refractivity contribution in [3.05, 3.63) is 46.5 Å². The first-order chi connectivity index (χ1) is 20.6. The topological polar surface area (TPSA) is 114 Å². The number of amides is 1. The lowest BCUT2D eigenvalue weighted by Crippen LogP contribution is -2.52. The number of fused-ring (bicyclic) bond motifs is 1. The van der Waals surface area contributed by atoms with E-state index >= 15 is 0 Å². The highest BCUT2D eigenvalue weighted by Gasteiger charge is 2.41. The summed E-state index contributed by atoms with van der Waals surface area (Å²) in [6.45, 7) is 3.41. The number of aromatic nitrogens is 2. The van der Waals surface area contributed by atoms with Gasteiger partial charge in [0.15, 0.2) is 9.84 Å². The van der Waals surface area contributed by atoms with E-state index in [4.69, 9.17) is 9.47 Å². The Kier molecular flexibility index (Phi) is 7.10. The zero-order valence-corrected chi connectivity index (χ0v) is 24.5. The first-order valence-corrected chi connectivity index (χ1v) is 16.5. The van der Waals surface area contributed by atoms with Crippen molar-refractivity contribution in [3.8, 4) is 10.6 Å². The van der Waals surface area contributed by atoms with Crippen molar-refractivity contribution in [2.75, 3.05) is 62.0 Å². The molecule has 2 aromatic heterocycles. The van der Waals surface area contributed by atoms with Crippen molar-refractivity contribution in [2.24, 2.45) is 0 Å². The van der Waals surface area contributed by atoms with Gasteiger partial charge >= 0.3 is 6.18 Å². The predicted molar refractivity (Wildman–Crippen MR) is 153 cm³/mol. The van der Waals surface area contributed by atoms with Gasteiger partial charge in [-0.2, -0.15) is 13.2 Å². The van der Waals surface area contributed by atoms with Crippen LogP contribution in [0.15, 0.2) is 35.4 Å². The highest BCUT2D eigenvalue weighted by Crippen LogP contribution is 2.46. The number of benzene rings is 1. The second-order valence-corrected chi connectivity index (χ2v) is 14.2.